The summed E-state index contributed by atoms with van der Waals surface area (Å²) in [5.41, 5.74) is 1.75. The minimum absolute atomic E-state index is 0.0523. The van der Waals surface area contributed by atoms with Crippen LogP contribution in [0.5, 0.6) is 11.5 Å². The third-order valence-electron chi connectivity index (χ3n) is 3.29. The highest BCUT2D eigenvalue weighted by molar-refractivity contribution is 6.29. The zero-order valence-electron chi connectivity index (χ0n) is 13.0. The van der Waals surface area contributed by atoms with E-state index in [1.807, 2.05) is 0 Å². The topological polar surface area (TPSA) is 93.1 Å². The van der Waals surface area contributed by atoms with Crippen LogP contribution >= 0.6 is 0 Å². The van der Waals surface area contributed by atoms with E-state index in [9.17, 15) is 9.59 Å². The number of benzene rings is 2. The summed E-state index contributed by atoms with van der Waals surface area (Å²) in [5.74, 6) is -1.74. The van der Waals surface area contributed by atoms with Crippen molar-refractivity contribution < 1.29 is 29.3 Å². The number of aromatic hydroxyl groups is 2. The maximum absolute atomic E-state index is 11.5. The second-order valence-electron chi connectivity index (χ2n) is 5.10. The number of phenols is 2. The third kappa shape index (κ3) is 5.64. The van der Waals surface area contributed by atoms with Gasteiger partial charge in [-0.1, -0.05) is 24.3 Å². The average molecular weight is 330 g/mol. The SMILES string of the molecule is O=C(OCCc1ccc(O)cc1)C(=O)OCCc1ccc(O)cc1. The van der Waals surface area contributed by atoms with Gasteiger partial charge in [-0.2, -0.15) is 0 Å². The van der Waals surface area contributed by atoms with E-state index in [2.05, 4.69) is 0 Å². The number of hydrogen-bond acceptors (Lipinski definition) is 6. The van der Waals surface area contributed by atoms with Gasteiger partial charge in [0.1, 0.15) is 11.5 Å². The molecule has 0 radical (unpaired) electrons. The Balaban J connectivity index is 1.65. The summed E-state index contributed by atoms with van der Waals surface area (Å²) < 4.78 is 9.69. The molecule has 0 aliphatic carbocycles. The van der Waals surface area contributed by atoms with Crippen LogP contribution in [0.25, 0.3) is 0 Å². The smallest absolute Gasteiger partial charge is 0.417 e. The number of hydrogen-bond donors (Lipinski definition) is 2. The molecular formula is C18H18O6. The van der Waals surface area contributed by atoms with Crippen molar-refractivity contribution in [2.24, 2.45) is 0 Å². The van der Waals surface area contributed by atoms with Crippen molar-refractivity contribution in [3.63, 3.8) is 0 Å². The molecule has 24 heavy (non-hydrogen) atoms. The van der Waals surface area contributed by atoms with Crippen LogP contribution < -0.4 is 0 Å². The highest BCUT2D eigenvalue weighted by atomic mass is 16.6. The van der Waals surface area contributed by atoms with Crippen molar-refractivity contribution in [1.29, 1.82) is 0 Å². The van der Waals surface area contributed by atoms with E-state index < -0.39 is 11.9 Å². The molecule has 2 aromatic carbocycles. The number of rotatable bonds is 6. The minimum atomic E-state index is -1.03. The molecule has 0 spiro atoms. The van der Waals surface area contributed by atoms with Crippen molar-refractivity contribution in [3.05, 3.63) is 59.7 Å². The molecule has 0 saturated heterocycles. The first-order valence-electron chi connectivity index (χ1n) is 7.44. The fourth-order valence-electron chi connectivity index (χ4n) is 1.97. The number of carbonyl (C=O) groups excluding carboxylic acids is 2. The van der Waals surface area contributed by atoms with Crippen molar-refractivity contribution in [1.82, 2.24) is 0 Å². The van der Waals surface area contributed by atoms with Gasteiger partial charge >= 0.3 is 11.9 Å². The molecule has 0 atom stereocenters. The predicted octanol–water partition coefficient (Wildman–Crippen LogP) is 1.97. The van der Waals surface area contributed by atoms with Gasteiger partial charge in [-0.25, -0.2) is 9.59 Å². The van der Waals surface area contributed by atoms with Gasteiger partial charge < -0.3 is 19.7 Å². The lowest BCUT2D eigenvalue weighted by Crippen LogP contribution is -2.22. The van der Waals surface area contributed by atoms with E-state index in [0.29, 0.717) is 12.8 Å². The zero-order valence-corrected chi connectivity index (χ0v) is 13.0. The Kier molecular flexibility index (Phi) is 6.19. The summed E-state index contributed by atoms with van der Waals surface area (Å²) in [6, 6.07) is 13.0. The molecule has 2 rings (SSSR count). The minimum Gasteiger partial charge on any atom is -0.508 e. The van der Waals surface area contributed by atoms with Crippen LogP contribution in [0.1, 0.15) is 11.1 Å². The van der Waals surface area contributed by atoms with Gasteiger partial charge in [0.15, 0.2) is 0 Å². The number of carbonyl (C=O) groups is 2. The van der Waals surface area contributed by atoms with E-state index in [0.717, 1.165) is 11.1 Å². The van der Waals surface area contributed by atoms with E-state index in [1.165, 1.54) is 24.3 Å². The molecule has 126 valence electrons. The van der Waals surface area contributed by atoms with Crippen LogP contribution in [0, 0.1) is 0 Å². The summed E-state index contributed by atoms with van der Waals surface area (Å²) in [7, 11) is 0. The predicted molar refractivity (Wildman–Crippen MR) is 85.5 cm³/mol. The Morgan fingerprint density at radius 1 is 0.667 bits per heavy atom. The summed E-state index contributed by atoms with van der Waals surface area (Å²) in [6.45, 7) is 0.105. The number of phenolic OH excluding ortho intramolecular Hbond substituents is 2. The first-order chi connectivity index (χ1) is 11.5. The second kappa shape index (κ2) is 8.57. The second-order valence-corrected chi connectivity index (χ2v) is 5.10. The van der Waals surface area contributed by atoms with Crippen LogP contribution in [-0.4, -0.2) is 35.4 Å². The maximum atomic E-state index is 11.5. The molecule has 0 aliphatic rings. The first kappa shape index (κ1) is 17.3. The van der Waals surface area contributed by atoms with Crippen LogP contribution in [0.15, 0.2) is 48.5 Å². The molecule has 2 aromatic rings. The molecule has 6 heteroatoms. The standard InChI is InChI=1S/C18H18O6/c19-15-5-1-13(2-6-15)9-11-23-17(21)18(22)24-12-10-14-3-7-16(20)8-4-14/h1-8,19-20H,9-12H2. The molecule has 0 saturated carbocycles. The fraction of sp³-hybridized carbons (Fsp3) is 0.222. The third-order valence-corrected chi connectivity index (χ3v) is 3.29. The van der Waals surface area contributed by atoms with Crippen molar-refractivity contribution >= 4 is 11.9 Å². The molecule has 0 unspecified atom stereocenters. The van der Waals surface area contributed by atoms with Crippen LogP contribution in [-0.2, 0) is 31.9 Å². The van der Waals surface area contributed by atoms with Gasteiger partial charge in [-0.3, -0.25) is 0 Å². The molecule has 0 aliphatic heterocycles. The molecule has 0 bridgehead atoms. The van der Waals surface area contributed by atoms with Gasteiger partial charge in [-0.05, 0) is 35.4 Å². The maximum Gasteiger partial charge on any atom is 0.417 e. The summed E-state index contributed by atoms with van der Waals surface area (Å²) in [5, 5.41) is 18.3. The Labute approximate surface area is 139 Å². The Bertz CT molecular complexity index is 614. The molecule has 6 nitrogen and oxygen atoms in total. The van der Waals surface area contributed by atoms with Gasteiger partial charge in [0, 0.05) is 12.8 Å². The van der Waals surface area contributed by atoms with Gasteiger partial charge in [0.25, 0.3) is 0 Å². The highest BCUT2D eigenvalue weighted by Gasteiger charge is 2.16. The Morgan fingerprint density at radius 3 is 1.33 bits per heavy atom. The fourth-order valence-corrected chi connectivity index (χ4v) is 1.97. The molecule has 0 aromatic heterocycles. The molecule has 2 N–H and O–H groups in total. The quantitative estimate of drug-likeness (QED) is 0.621. The van der Waals surface area contributed by atoms with Gasteiger partial charge in [0.05, 0.1) is 13.2 Å². The molecule has 0 amide bonds. The Hall–Kier alpha value is -3.02. The van der Waals surface area contributed by atoms with Crippen LogP contribution in [0.2, 0.25) is 0 Å². The number of ether oxygens (including phenoxy) is 2. The van der Waals surface area contributed by atoms with E-state index in [-0.39, 0.29) is 24.7 Å². The van der Waals surface area contributed by atoms with E-state index in [4.69, 9.17) is 19.7 Å². The lowest BCUT2D eigenvalue weighted by molar-refractivity contribution is -0.167. The van der Waals surface area contributed by atoms with Crippen molar-refractivity contribution in [3.8, 4) is 11.5 Å². The van der Waals surface area contributed by atoms with Crippen molar-refractivity contribution in [2.75, 3.05) is 13.2 Å². The molecule has 0 heterocycles. The number of esters is 2. The van der Waals surface area contributed by atoms with E-state index >= 15 is 0 Å². The van der Waals surface area contributed by atoms with Gasteiger partial charge in [0.2, 0.25) is 0 Å². The Morgan fingerprint density at radius 2 is 1.00 bits per heavy atom. The molecular weight excluding hydrogens is 312 g/mol. The van der Waals surface area contributed by atoms with Gasteiger partial charge in [-0.15, -0.1) is 0 Å². The zero-order chi connectivity index (χ0) is 17.4. The monoisotopic (exact) mass is 330 g/mol. The lowest BCUT2D eigenvalue weighted by Gasteiger charge is -2.06. The summed E-state index contributed by atoms with van der Waals surface area (Å²) >= 11 is 0. The normalized spacial score (nSPS) is 10.2. The highest BCUT2D eigenvalue weighted by Crippen LogP contribution is 2.11. The van der Waals surface area contributed by atoms with Crippen LogP contribution in [0.4, 0.5) is 0 Å². The summed E-state index contributed by atoms with van der Waals surface area (Å²) in [6.07, 6.45) is 0.875. The lowest BCUT2D eigenvalue weighted by atomic mass is 10.1. The van der Waals surface area contributed by atoms with Crippen molar-refractivity contribution in [2.45, 2.75) is 12.8 Å². The summed E-state index contributed by atoms with van der Waals surface area (Å²) in [4.78, 5) is 23.0. The molecule has 0 fully saturated rings. The average Bonchev–Trinajstić information content (AvgIpc) is 2.58. The van der Waals surface area contributed by atoms with Crippen LogP contribution in [0.3, 0.4) is 0 Å². The first-order valence-corrected chi connectivity index (χ1v) is 7.44. The largest absolute Gasteiger partial charge is 0.508 e. The van der Waals surface area contributed by atoms with E-state index in [1.54, 1.807) is 24.3 Å².